The summed E-state index contributed by atoms with van der Waals surface area (Å²) < 4.78 is 0. The molecule has 1 amide bonds. The number of fused-ring (bicyclic) bond motifs is 3. The van der Waals surface area contributed by atoms with E-state index in [1.165, 1.54) is 0 Å². The smallest absolute Gasteiger partial charge is 0.237 e. The van der Waals surface area contributed by atoms with Crippen LogP contribution in [0.15, 0.2) is 30.6 Å². The third-order valence-corrected chi connectivity index (χ3v) is 4.20. The molecule has 1 N–H and O–H groups in total. The van der Waals surface area contributed by atoms with Gasteiger partial charge in [0, 0.05) is 18.0 Å². The number of amides is 1. The van der Waals surface area contributed by atoms with Gasteiger partial charge >= 0.3 is 0 Å². The SMILES string of the molecule is O=Cc1cc2c(cn1)CC1(C2)C(=O)Nc2ncccc21. The van der Waals surface area contributed by atoms with Gasteiger partial charge in [0.2, 0.25) is 5.91 Å². The maximum atomic E-state index is 12.4. The second-order valence-corrected chi connectivity index (χ2v) is 5.29. The quantitative estimate of drug-likeness (QED) is 0.788. The van der Waals surface area contributed by atoms with Gasteiger partial charge in [0.1, 0.15) is 11.5 Å². The van der Waals surface area contributed by atoms with Crippen molar-refractivity contribution in [1.82, 2.24) is 9.97 Å². The number of aldehydes is 1. The minimum atomic E-state index is -0.588. The number of rotatable bonds is 1. The maximum Gasteiger partial charge on any atom is 0.237 e. The molecule has 98 valence electrons. The molecule has 0 radical (unpaired) electrons. The molecule has 20 heavy (non-hydrogen) atoms. The van der Waals surface area contributed by atoms with Gasteiger partial charge in [0.15, 0.2) is 6.29 Å². The number of aromatic nitrogens is 2. The summed E-state index contributed by atoms with van der Waals surface area (Å²) in [5.41, 5.74) is 2.81. The minimum absolute atomic E-state index is 0.0185. The lowest BCUT2D eigenvalue weighted by Crippen LogP contribution is -2.35. The normalized spacial score (nSPS) is 22.5. The Morgan fingerprint density at radius 1 is 1.25 bits per heavy atom. The molecule has 3 heterocycles. The lowest BCUT2D eigenvalue weighted by molar-refractivity contribution is -0.120. The minimum Gasteiger partial charge on any atom is -0.310 e. The van der Waals surface area contributed by atoms with Crippen molar-refractivity contribution < 1.29 is 9.59 Å². The number of anilines is 1. The zero-order valence-electron chi connectivity index (χ0n) is 10.6. The predicted octanol–water partition coefficient (Wildman–Crippen LogP) is 1.28. The first-order chi connectivity index (χ1) is 9.73. The number of nitrogens with zero attached hydrogens (tertiary/aromatic N) is 2. The van der Waals surface area contributed by atoms with Crippen LogP contribution in [0.25, 0.3) is 0 Å². The Morgan fingerprint density at radius 3 is 2.95 bits per heavy atom. The first kappa shape index (κ1) is 11.3. The van der Waals surface area contributed by atoms with Crippen molar-refractivity contribution in [1.29, 1.82) is 0 Å². The number of pyridine rings is 2. The van der Waals surface area contributed by atoms with E-state index in [0.717, 1.165) is 23.0 Å². The molecule has 0 fully saturated rings. The Morgan fingerprint density at radius 2 is 2.10 bits per heavy atom. The number of hydrogen-bond acceptors (Lipinski definition) is 4. The van der Waals surface area contributed by atoms with E-state index in [1.54, 1.807) is 18.5 Å². The van der Waals surface area contributed by atoms with Crippen LogP contribution in [0.2, 0.25) is 0 Å². The summed E-state index contributed by atoms with van der Waals surface area (Å²) >= 11 is 0. The van der Waals surface area contributed by atoms with Gasteiger partial charge < -0.3 is 5.32 Å². The lowest BCUT2D eigenvalue weighted by atomic mass is 9.79. The van der Waals surface area contributed by atoms with E-state index < -0.39 is 5.41 Å². The Balaban J connectivity index is 1.85. The van der Waals surface area contributed by atoms with Crippen LogP contribution in [0.4, 0.5) is 5.82 Å². The molecule has 0 saturated heterocycles. The fourth-order valence-electron chi connectivity index (χ4n) is 3.24. The van der Waals surface area contributed by atoms with Crippen molar-refractivity contribution in [2.75, 3.05) is 5.32 Å². The number of carbonyl (C=O) groups excluding carboxylic acids is 2. The molecule has 1 spiro atoms. The van der Waals surface area contributed by atoms with Gasteiger partial charge in [-0.15, -0.1) is 0 Å². The first-order valence-corrected chi connectivity index (χ1v) is 6.43. The summed E-state index contributed by atoms with van der Waals surface area (Å²) in [6, 6.07) is 5.57. The molecule has 1 atom stereocenters. The van der Waals surface area contributed by atoms with Crippen LogP contribution in [0.1, 0.15) is 27.2 Å². The Bertz CT molecular complexity index is 757. The van der Waals surface area contributed by atoms with Crippen molar-refractivity contribution >= 4 is 18.0 Å². The highest BCUT2D eigenvalue weighted by Crippen LogP contribution is 2.46. The zero-order chi connectivity index (χ0) is 13.7. The van der Waals surface area contributed by atoms with E-state index in [-0.39, 0.29) is 5.91 Å². The fourth-order valence-corrected chi connectivity index (χ4v) is 3.24. The molecule has 1 unspecified atom stereocenters. The lowest BCUT2D eigenvalue weighted by Gasteiger charge is -2.20. The van der Waals surface area contributed by atoms with Crippen molar-refractivity contribution in [2.24, 2.45) is 0 Å². The molecule has 2 aromatic rings. The second-order valence-electron chi connectivity index (χ2n) is 5.29. The van der Waals surface area contributed by atoms with Crippen LogP contribution in [-0.4, -0.2) is 22.2 Å². The van der Waals surface area contributed by atoms with E-state index in [1.807, 2.05) is 12.1 Å². The highest BCUT2D eigenvalue weighted by atomic mass is 16.2. The molecule has 4 rings (SSSR count). The van der Waals surface area contributed by atoms with E-state index in [9.17, 15) is 9.59 Å². The third kappa shape index (κ3) is 1.32. The zero-order valence-corrected chi connectivity index (χ0v) is 10.6. The van der Waals surface area contributed by atoms with E-state index in [2.05, 4.69) is 15.3 Å². The monoisotopic (exact) mass is 265 g/mol. The van der Waals surface area contributed by atoms with E-state index in [0.29, 0.717) is 24.4 Å². The topological polar surface area (TPSA) is 72.0 Å². The molecule has 0 bridgehead atoms. The van der Waals surface area contributed by atoms with Gasteiger partial charge in [-0.25, -0.2) is 4.98 Å². The molecular weight excluding hydrogens is 254 g/mol. The molecule has 0 aromatic carbocycles. The Kier molecular flexibility index (Phi) is 2.10. The Labute approximate surface area is 115 Å². The summed E-state index contributed by atoms with van der Waals surface area (Å²) in [7, 11) is 0. The Hall–Kier alpha value is -2.56. The standard InChI is InChI=1S/C15H11N3O2/c19-8-11-4-9-5-15(6-10(9)7-17-11)12-2-1-3-16-13(12)18-14(15)20/h1-4,7-8H,5-6H2,(H,16,18,20). The maximum absolute atomic E-state index is 12.4. The van der Waals surface area contributed by atoms with Gasteiger partial charge in [-0.05, 0) is 36.1 Å². The summed E-state index contributed by atoms with van der Waals surface area (Å²) in [6.07, 6.45) is 5.31. The van der Waals surface area contributed by atoms with Gasteiger partial charge in [-0.2, -0.15) is 0 Å². The van der Waals surface area contributed by atoms with Crippen molar-refractivity contribution in [3.63, 3.8) is 0 Å². The first-order valence-electron chi connectivity index (χ1n) is 6.43. The fraction of sp³-hybridized carbons (Fsp3) is 0.200. The molecular formula is C15H11N3O2. The summed E-state index contributed by atoms with van der Waals surface area (Å²) in [4.78, 5) is 31.6. The summed E-state index contributed by atoms with van der Waals surface area (Å²) in [5.74, 6) is 0.629. The van der Waals surface area contributed by atoms with Gasteiger partial charge in [0.05, 0.1) is 5.41 Å². The second kappa shape index (κ2) is 3.72. The predicted molar refractivity (Wildman–Crippen MR) is 71.6 cm³/mol. The van der Waals surface area contributed by atoms with Gasteiger partial charge in [-0.3, -0.25) is 14.6 Å². The molecule has 0 saturated carbocycles. The number of nitrogens with one attached hydrogen (secondary N) is 1. The van der Waals surface area contributed by atoms with Crippen molar-refractivity contribution in [2.45, 2.75) is 18.3 Å². The number of carbonyl (C=O) groups is 2. The van der Waals surface area contributed by atoms with Crippen LogP contribution >= 0.6 is 0 Å². The molecule has 2 aliphatic rings. The molecule has 1 aliphatic carbocycles. The molecule has 1 aliphatic heterocycles. The summed E-state index contributed by atoms with van der Waals surface area (Å²) in [5, 5.41) is 2.85. The van der Waals surface area contributed by atoms with E-state index in [4.69, 9.17) is 0 Å². The largest absolute Gasteiger partial charge is 0.310 e. The van der Waals surface area contributed by atoms with Crippen LogP contribution in [0, 0.1) is 0 Å². The third-order valence-electron chi connectivity index (χ3n) is 4.20. The molecule has 5 heteroatoms. The van der Waals surface area contributed by atoms with Gasteiger partial charge in [0.25, 0.3) is 0 Å². The van der Waals surface area contributed by atoms with Crippen LogP contribution < -0.4 is 5.32 Å². The van der Waals surface area contributed by atoms with Crippen LogP contribution in [-0.2, 0) is 23.1 Å². The van der Waals surface area contributed by atoms with Gasteiger partial charge in [-0.1, -0.05) is 6.07 Å². The van der Waals surface area contributed by atoms with Crippen LogP contribution in [0.5, 0.6) is 0 Å². The molecule has 5 nitrogen and oxygen atoms in total. The van der Waals surface area contributed by atoms with Crippen molar-refractivity contribution in [3.8, 4) is 0 Å². The highest BCUT2D eigenvalue weighted by molar-refractivity contribution is 6.06. The number of hydrogen-bond donors (Lipinski definition) is 1. The van der Waals surface area contributed by atoms with Crippen LogP contribution in [0.3, 0.4) is 0 Å². The van der Waals surface area contributed by atoms with Crippen molar-refractivity contribution in [3.05, 3.63) is 53.0 Å². The highest BCUT2D eigenvalue weighted by Gasteiger charge is 2.51. The molecule has 2 aromatic heterocycles. The van der Waals surface area contributed by atoms with E-state index >= 15 is 0 Å². The average Bonchev–Trinajstić information content (AvgIpc) is 2.98. The summed E-state index contributed by atoms with van der Waals surface area (Å²) in [6.45, 7) is 0. The average molecular weight is 265 g/mol.